The number of primary amides is 1. The summed E-state index contributed by atoms with van der Waals surface area (Å²) in [6.07, 6.45) is -0.134. The molecule has 6 nitrogen and oxygen atoms in total. The van der Waals surface area contributed by atoms with Gasteiger partial charge >= 0.3 is 5.97 Å². The number of amides is 2. The number of nitrogens with two attached hydrogens (primary N) is 1. The second kappa shape index (κ2) is 7.68. The molecule has 2 aromatic rings. The summed E-state index contributed by atoms with van der Waals surface area (Å²) in [5, 5.41) is 10.9. The minimum absolute atomic E-state index is 0.0175. The molecule has 0 aliphatic rings. The number of hydrogen-bond donors (Lipinski definition) is 3. The molecule has 0 spiro atoms. The Balaban J connectivity index is 2.19. The van der Waals surface area contributed by atoms with Crippen molar-refractivity contribution in [1.82, 2.24) is 5.32 Å². The van der Waals surface area contributed by atoms with Gasteiger partial charge in [-0.2, -0.15) is 0 Å². The molecule has 2 amide bonds. The first-order chi connectivity index (χ1) is 12.2. The number of carboxylic acids is 1. The predicted molar refractivity (Wildman–Crippen MR) is 83.9 cm³/mol. The molecule has 2 aromatic carbocycles. The first-order valence-electron chi connectivity index (χ1n) is 7.26. The van der Waals surface area contributed by atoms with Crippen molar-refractivity contribution in [2.75, 3.05) is 0 Å². The number of carbonyl (C=O) groups is 3. The molecule has 26 heavy (non-hydrogen) atoms. The molecule has 0 aliphatic heterocycles. The highest BCUT2D eigenvalue weighted by Gasteiger charge is 2.24. The summed E-state index contributed by atoms with van der Waals surface area (Å²) < 4.78 is 40.2. The van der Waals surface area contributed by atoms with Crippen LogP contribution >= 0.6 is 0 Å². The molecule has 0 unspecified atom stereocenters. The SMILES string of the molecule is NC(=O)[C@H](Cc1ccc(C(=O)O)cc1)NC(=O)c1c(F)cc(F)cc1F. The highest BCUT2D eigenvalue weighted by Crippen LogP contribution is 2.15. The van der Waals surface area contributed by atoms with Gasteiger partial charge in [-0.15, -0.1) is 0 Å². The van der Waals surface area contributed by atoms with Crippen molar-refractivity contribution in [1.29, 1.82) is 0 Å². The van der Waals surface area contributed by atoms with E-state index in [1.165, 1.54) is 24.3 Å². The Morgan fingerprint density at radius 3 is 2.04 bits per heavy atom. The van der Waals surface area contributed by atoms with Gasteiger partial charge in [-0.1, -0.05) is 12.1 Å². The molecule has 0 radical (unpaired) electrons. The van der Waals surface area contributed by atoms with Crippen LogP contribution in [0.3, 0.4) is 0 Å². The van der Waals surface area contributed by atoms with Crippen molar-refractivity contribution in [3.63, 3.8) is 0 Å². The first-order valence-corrected chi connectivity index (χ1v) is 7.26. The molecule has 0 saturated heterocycles. The van der Waals surface area contributed by atoms with Gasteiger partial charge in [0.2, 0.25) is 5.91 Å². The van der Waals surface area contributed by atoms with Crippen molar-refractivity contribution >= 4 is 17.8 Å². The average Bonchev–Trinajstić information content (AvgIpc) is 2.53. The van der Waals surface area contributed by atoms with E-state index >= 15 is 0 Å². The Labute approximate surface area is 145 Å². The standard InChI is InChI=1S/C17H13F3N2O4/c18-10-6-11(19)14(12(20)7-10)16(24)22-13(15(21)23)5-8-1-3-9(4-2-8)17(25)26/h1-4,6-7,13H,5H2,(H2,21,23)(H,22,24)(H,25,26)/t13-/m0/s1. The molecule has 1 atom stereocenters. The smallest absolute Gasteiger partial charge is 0.335 e. The van der Waals surface area contributed by atoms with Crippen LogP contribution in [0.1, 0.15) is 26.3 Å². The molecule has 0 bridgehead atoms. The van der Waals surface area contributed by atoms with E-state index in [1.54, 1.807) is 0 Å². The maximum Gasteiger partial charge on any atom is 0.335 e. The molecule has 0 saturated carbocycles. The van der Waals surface area contributed by atoms with Gasteiger partial charge in [-0.05, 0) is 17.7 Å². The van der Waals surface area contributed by atoms with Gasteiger partial charge in [0.15, 0.2) is 0 Å². The maximum atomic E-state index is 13.6. The lowest BCUT2D eigenvalue weighted by molar-refractivity contribution is -0.119. The molecule has 0 heterocycles. The number of rotatable bonds is 6. The molecule has 2 rings (SSSR count). The van der Waals surface area contributed by atoms with E-state index in [0.29, 0.717) is 17.7 Å². The fourth-order valence-corrected chi connectivity index (χ4v) is 2.23. The van der Waals surface area contributed by atoms with Crippen LogP contribution < -0.4 is 11.1 Å². The molecular weight excluding hydrogens is 353 g/mol. The van der Waals surface area contributed by atoms with Crippen molar-refractivity contribution in [3.8, 4) is 0 Å². The Morgan fingerprint density at radius 2 is 1.58 bits per heavy atom. The lowest BCUT2D eigenvalue weighted by Gasteiger charge is -2.16. The quantitative estimate of drug-likeness (QED) is 0.722. The van der Waals surface area contributed by atoms with Gasteiger partial charge in [0.1, 0.15) is 29.1 Å². The van der Waals surface area contributed by atoms with Crippen molar-refractivity contribution in [3.05, 3.63) is 70.5 Å². The third-order valence-corrected chi connectivity index (χ3v) is 3.52. The third kappa shape index (κ3) is 4.38. The molecule has 0 aromatic heterocycles. The molecule has 9 heteroatoms. The lowest BCUT2D eigenvalue weighted by Crippen LogP contribution is -2.46. The maximum absolute atomic E-state index is 13.6. The second-order valence-electron chi connectivity index (χ2n) is 5.38. The largest absolute Gasteiger partial charge is 0.478 e. The average molecular weight is 366 g/mol. The zero-order chi connectivity index (χ0) is 19.4. The molecule has 0 aliphatic carbocycles. The second-order valence-corrected chi connectivity index (χ2v) is 5.38. The minimum atomic E-state index is -1.42. The van der Waals surface area contributed by atoms with Gasteiger partial charge < -0.3 is 16.2 Å². The van der Waals surface area contributed by atoms with Crippen LogP contribution in [0.2, 0.25) is 0 Å². The predicted octanol–water partition coefficient (Wildman–Crippen LogP) is 1.63. The van der Waals surface area contributed by atoms with E-state index in [9.17, 15) is 27.6 Å². The lowest BCUT2D eigenvalue weighted by atomic mass is 10.0. The highest BCUT2D eigenvalue weighted by atomic mass is 19.1. The van der Waals surface area contributed by atoms with Crippen LogP contribution in [0.4, 0.5) is 13.2 Å². The molecule has 4 N–H and O–H groups in total. The number of aromatic carboxylic acids is 1. The first kappa shape index (κ1) is 19.0. The van der Waals surface area contributed by atoms with E-state index in [4.69, 9.17) is 10.8 Å². The van der Waals surface area contributed by atoms with Gasteiger partial charge in [0, 0.05) is 18.6 Å². The highest BCUT2D eigenvalue weighted by molar-refractivity contribution is 5.97. The van der Waals surface area contributed by atoms with Crippen molar-refractivity contribution in [2.45, 2.75) is 12.5 Å². The van der Waals surface area contributed by atoms with Crippen LogP contribution in [0, 0.1) is 17.5 Å². The van der Waals surface area contributed by atoms with Crippen LogP contribution in [-0.2, 0) is 11.2 Å². The van der Waals surface area contributed by atoms with Gasteiger partial charge in [-0.25, -0.2) is 18.0 Å². The van der Waals surface area contributed by atoms with E-state index in [1.807, 2.05) is 0 Å². The number of nitrogens with one attached hydrogen (secondary N) is 1. The Kier molecular flexibility index (Phi) is 5.61. The van der Waals surface area contributed by atoms with E-state index in [2.05, 4.69) is 5.32 Å². The van der Waals surface area contributed by atoms with E-state index in [-0.39, 0.29) is 12.0 Å². The number of hydrogen-bond acceptors (Lipinski definition) is 3. The summed E-state index contributed by atoms with van der Waals surface area (Å²) in [6.45, 7) is 0. The fourth-order valence-electron chi connectivity index (χ4n) is 2.23. The monoisotopic (exact) mass is 366 g/mol. The summed E-state index contributed by atoms with van der Waals surface area (Å²) in [5.41, 5.74) is 4.63. The van der Waals surface area contributed by atoms with Crippen LogP contribution in [0.25, 0.3) is 0 Å². The van der Waals surface area contributed by atoms with Crippen LogP contribution in [0.5, 0.6) is 0 Å². The van der Waals surface area contributed by atoms with Crippen molar-refractivity contribution < 1.29 is 32.7 Å². The van der Waals surface area contributed by atoms with Gasteiger partial charge in [-0.3, -0.25) is 9.59 Å². The third-order valence-electron chi connectivity index (χ3n) is 3.52. The molecule has 136 valence electrons. The normalized spacial score (nSPS) is 11.7. The zero-order valence-corrected chi connectivity index (χ0v) is 13.1. The number of benzene rings is 2. The Morgan fingerprint density at radius 1 is 1.04 bits per heavy atom. The zero-order valence-electron chi connectivity index (χ0n) is 13.1. The number of carboxylic acid groups (broad SMARTS) is 1. The summed E-state index contributed by atoms with van der Waals surface area (Å²) in [4.78, 5) is 34.4. The fraction of sp³-hybridized carbons (Fsp3) is 0.118. The number of carbonyl (C=O) groups excluding carboxylic acids is 2. The van der Waals surface area contributed by atoms with Gasteiger partial charge in [0.05, 0.1) is 5.56 Å². The van der Waals surface area contributed by atoms with Gasteiger partial charge in [0.25, 0.3) is 5.91 Å². The summed E-state index contributed by atoms with van der Waals surface area (Å²) in [7, 11) is 0. The Hall–Kier alpha value is -3.36. The van der Waals surface area contributed by atoms with E-state index in [0.717, 1.165) is 0 Å². The molecule has 0 fully saturated rings. The van der Waals surface area contributed by atoms with E-state index < -0.39 is 46.8 Å². The van der Waals surface area contributed by atoms with Crippen molar-refractivity contribution in [2.24, 2.45) is 5.73 Å². The number of halogens is 3. The topological polar surface area (TPSA) is 109 Å². The summed E-state index contributed by atoms with van der Waals surface area (Å²) in [5.74, 6) is -7.42. The van der Waals surface area contributed by atoms with Crippen LogP contribution in [-0.4, -0.2) is 28.9 Å². The summed E-state index contributed by atoms with van der Waals surface area (Å²) in [6, 6.07) is 4.74. The Bertz CT molecular complexity index is 846. The summed E-state index contributed by atoms with van der Waals surface area (Å²) >= 11 is 0. The molecular formula is C17H13F3N2O4. The minimum Gasteiger partial charge on any atom is -0.478 e. The van der Waals surface area contributed by atoms with Crippen LogP contribution in [0.15, 0.2) is 36.4 Å².